The van der Waals surface area contributed by atoms with Crippen LogP contribution in [0.4, 0.5) is 0 Å². The third kappa shape index (κ3) is 3.61. The molecule has 0 aliphatic carbocycles. The summed E-state index contributed by atoms with van der Waals surface area (Å²) in [6, 6.07) is 0.280. The summed E-state index contributed by atoms with van der Waals surface area (Å²) in [5.41, 5.74) is 1.18. The summed E-state index contributed by atoms with van der Waals surface area (Å²) < 4.78 is 1.80. The summed E-state index contributed by atoms with van der Waals surface area (Å²) in [6.07, 6.45) is 4.60. The summed E-state index contributed by atoms with van der Waals surface area (Å²) in [7, 11) is 1.92. The van der Waals surface area contributed by atoms with E-state index in [1.54, 1.807) is 4.68 Å². The van der Waals surface area contributed by atoms with Gasteiger partial charge < -0.3 is 10.4 Å². The van der Waals surface area contributed by atoms with Crippen LogP contribution in [0.25, 0.3) is 0 Å². The molecule has 0 fully saturated rings. The molecule has 16 heavy (non-hydrogen) atoms. The summed E-state index contributed by atoms with van der Waals surface area (Å²) in [6.45, 7) is 6.81. The molecule has 0 aliphatic rings. The predicted molar refractivity (Wildman–Crippen MR) is 65.1 cm³/mol. The molecule has 0 saturated carbocycles. The molecule has 0 spiro atoms. The number of nitrogens with zero attached hydrogens (tertiary/aromatic N) is 2. The molecule has 0 saturated heterocycles. The number of aromatic nitrogens is 2. The van der Waals surface area contributed by atoms with Crippen molar-refractivity contribution in [3.8, 4) is 0 Å². The fourth-order valence-electron chi connectivity index (χ4n) is 1.62. The second-order valence-electron chi connectivity index (χ2n) is 4.63. The summed E-state index contributed by atoms with van der Waals surface area (Å²) in [5, 5.41) is 17.3. The van der Waals surface area contributed by atoms with Crippen molar-refractivity contribution in [2.75, 3.05) is 6.54 Å². The predicted octanol–water partition coefficient (Wildman–Crippen LogP) is 1.48. The van der Waals surface area contributed by atoms with E-state index in [1.807, 2.05) is 33.3 Å². The molecule has 4 nitrogen and oxygen atoms in total. The van der Waals surface area contributed by atoms with Crippen molar-refractivity contribution in [1.82, 2.24) is 15.1 Å². The van der Waals surface area contributed by atoms with E-state index >= 15 is 0 Å². The van der Waals surface area contributed by atoms with Gasteiger partial charge in [0, 0.05) is 31.4 Å². The van der Waals surface area contributed by atoms with Crippen molar-refractivity contribution in [1.29, 1.82) is 0 Å². The van der Waals surface area contributed by atoms with Crippen LogP contribution in [-0.2, 0) is 7.05 Å². The fourth-order valence-corrected chi connectivity index (χ4v) is 1.62. The molecule has 2 unspecified atom stereocenters. The lowest BCUT2D eigenvalue weighted by molar-refractivity contribution is 0.120. The Bertz CT molecular complexity index is 309. The van der Waals surface area contributed by atoms with Crippen LogP contribution in [-0.4, -0.2) is 27.5 Å². The van der Waals surface area contributed by atoms with E-state index in [1.165, 1.54) is 5.56 Å². The summed E-state index contributed by atoms with van der Waals surface area (Å²) in [5.74, 6) is 0.291. The smallest absolute Gasteiger partial charge is 0.0687 e. The van der Waals surface area contributed by atoms with Gasteiger partial charge in [-0.15, -0.1) is 0 Å². The number of aliphatic hydroxyl groups excluding tert-OH is 1. The molecule has 2 atom stereocenters. The van der Waals surface area contributed by atoms with Crippen LogP contribution in [0.1, 0.15) is 38.8 Å². The molecule has 0 bridgehead atoms. The molecule has 1 heterocycles. The molecule has 2 N–H and O–H groups in total. The first-order valence-electron chi connectivity index (χ1n) is 5.94. The van der Waals surface area contributed by atoms with Crippen molar-refractivity contribution in [2.45, 2.75) is 39.3 Å². The zero-order valence-electron chi connectivity index (χ0n) is 10.6. The topological polar surface area (TPSA) is 50.1 Å². The van der Waals surface area contributed by atoms with Crippen molar-refractivity contribution in [3.63, 3.8) is 0 Å². The molecule has 0 radical (unpaired) electrons. The first-order chi connectivity index (χ1) is 7.54. The molecule has 1 aromatic heterocycles. The maximum atomic E-state index is 9.74. The van der Waals surface area contributed by atoms with Crippen molar-refractivity contribution >= 4 is 0 Å². The van der Waals surface area contributed by atoms with Crippen LogP contribution < -0.4 is 5.32 Å². The van der Waals surface area contributed by atoms with Crippen LogP contribution in [0.3, 0.4) is 0 Å². The van der Waals surface area contributed by atoms with Gasteiger partial charge in [-0.3, -0.25) is 4.68 Å². The maximum absolute atomic E-state index is 9.74. The molecular weight excluding hydrogens is 202 g/mol. The van der Waals surface area contributed by atoms with Gasteiger partial charge >= 0.3 is 0 Å². The van der Waals surface area contributed by atoms with E-state index in [2.05, 4.69) is 17.3 Å². The maximum Gasteiger partial charge on any atom is 0.0687 e. The Morgan fingerprint density at radius 3 is 2.62 bits per heavy atom. The van der Waals surface area contributed by atoms with Crippen LogP contribution in [0.15, 0.2) is 12.4 Å². The zero-order valence-corrected chi connectivity index (χ0v) is 10.6. The van der Waals surface area contributed by atoms with Gasteiger partial charge in [0.15, 0.2) is 0 Å². The Labute approximate surface area is 97.7 Å². The number of hydrogen-bond acceptors (Lipinski definition) is 3. The highest BCUT2D eigenvalue weighted by molar-refractivity contribution is 5.09. The first kappa shape index (κ1) is 13.2. The van der Waals surface area contributed by atoms with Gasteiger partial charge in [-0.2, -0.15) is 5.10 Å². The standard InChI is InChI=1S/C12H23N3O/c1-5-11(10-6-14-15(4)8-10)13-7-12(16)9(2)3/h6,8-9,11-13,16H,5,7H2,1-4H3. The van der Waals surface area contributed by atoms with E-state index < -0.39 is 0 Å². The Kier molecular flexibility index (Phi) is 4.96. The Hall–Kier alpha value is -0.870. The number of nitrogens with one attached hydrogen (secondary N) is 1. The molecule has 0 amide bonds. The molecule has 1 aromatic rings. The Morgan fingerprint density at radius 1 is 1.50 bits per heavy atom. The molecular formula is C12H23N3O. The highest BCUT2D eigenvalue weighted by Crippen LogP contribution is 2.15. The SMILES string of the molecule is CCC(NCC(O)C(C)C)c1cnn(C)c1. The van der Waals surface area contributed by atoms with E-state index in [-0.39, 0.29) is 12.1 Å². The van der Waals surface area contributed by atoms with Crippen LogP contribution in [0.5, 0.6) is 0 Å². The Balaban J connectivity index is 2.50. The minimum absolute atomic E-state index is 0.280. The minimum atomic E-state index is -0.286. The van der Waals surface area contributed by atoms with E-state index in [4.69, 9.17) is 0 Å². The van der Waals surface area contributed by atoms with Crippen LogP contribution >= 0.6 is 0 Å². The largest absolute Gasteiger partial charge is 0.392 e. The third-order valence-electron chi connectivity index (χ3n) is 2.88. The molecule has 0 aromatic carbocycles. The summed E-state index contributed by atoms with van der Waals surface area (Å²) in [4.78, 5) is 0. The lowest BCUT2D eigenvalue weighted by Gasteiger charge is -2.20. The number of hydrogen-bond donors (Lipinski definition) is 2. The van der Waals surface area contributed by atoms with Crippen molar-refractivity contribution in [2.24, 2.45) is 13.0 Å². The molecule has 0 aliphatic heterocycles. The quantitative estimate of drug-likeness (QED) is 0.771. The average molecular weight is 225 g/mol. The Morgan fingerprint density at radius 2 is 2.19 bits per heavy atom. The lowest BCUT2D eigenvalue weighted by atomic mass is 10.1. The summed E-state index contributed by atoms with van der Waals surface area (Å²) >= 11 is 0. The monoisotopic (exact) mass is 225 g/mol. The zero-order chi connectivity index (χ0) is 12.1. The van der Waals surface area contributed by atoms with Gasteiger partial charge in [-0.1, -0.05) is 20.8 Å². The van der Waals surface area contributed by atoms with Crippen LogP contribution in [0, 0.1) is 5.92 Å². The average Bonchev–Trinajstić information content (AvgIpc) is 2.65. The van der Waals surface area contributed by atoms with Gasteiger partial charge in [-0.25, -0.2) is 0 Å². The van der Waals surface area contributed by atoms with E-state index in [9.17, 15) is 5.11 Å². The first-order valence-corrected chi connectivity index (χ1v) is 5.94. The van der Waals surface area contributed by atoms with Crippen molar-refractivity contribution in [3.05, 3.63) is 18.0 Å². The van der Waals surface area contributed by atoms with E-state index in [0.717, 1.165) is 6.42 Å². The van der Waals surface area contributed by atoms with Crippen molar-refractivity contribution < 1.29 is 5.11 Å². The van der Waals surface area contributed by atoms with Gasteiger partial charge in [-0.05, 0) is 12.3 Å². The second-order valence-corrected chi connectivity index (χ2v) is 4.63. The normalized spacial score (nSPS) is 15.4. The molecule has 4 heteroatoms. The minimum Gasteiger partial charge on any atom is -0.392 e. The van der Waals surface area contributed by atoms with Gasteiger partial charge in [0.05, 0.1) is 12.3 Å². The third-order valence-corrected chi connectivity index (χ3v) is 2.88. The highest BCUT2D eigenvalue weighted by Gasteiger charge is 2.14. The fraction of sp³-hybridized carbons (Fsp3) is 0.750. The highest BCUT2D eigenvalue weighted by atomic mass is 16.3. The number of aryl methyl sites for hydroxylation is 1. The van der Waals surface area contributed by atoms with Gasteiger partial charge in [0.25, 0.3) is 0 Å². The van der Waals surface area contributed by atoms with Crippen LogP contribution in [0.2, 0.25) is 0 Å². The number of rotatable bonds is 6. The second kappa shape index (κ2) is 6.01. The van der Waals surface area contributed by atoms with Gasteiger partial charge in [0.2, 0.25) is 0 Å². The molecule has 1 rings (SSSR count). The van der Waals surface area contributed by atoms with Gasteiger partial charge in [0.1, 0.15) is 0 Å². The lowest BCUT2D eigenvalue weighted by Crippen LogP contribution is -2.33. The van der Waals surface area contributed by atoms with E-state index in [0.29, 0.717) is 12.5 Å². The molecule has 92 valence electrons. The number of aliphatic hydroxyl groups is 1.